The Labute approximate surface area is 214 Å². The molecule has 4 aliphatic heterocycles. The van der Waals surface area contributed by atoms with E-state index in [1.165, 1.54) is 0 Å². The summed E-state index contributed by atoms with van der Waals surface area (Å²) in [5.74, 6) is -1.88. The Balaban J connectivity index is 1.32. The van der Waals surface area contributed by atoms with Crippen molar-refractivity contribution in [1.29, 1.82) is 0 Å². The number of aryl methyl sites for hydroxylation is 1. The van der Waals surface area contributed by atoms with Crippen molar-refractivity contribution in [3.63, 3.8) is 0 Å². The molecule has 2 bridgehead atoms. The number of hydrogen-bond acceptors (Lipinski definition) is 7. The Morgan fingerprint density at radius 2 is 2.00 bits per heavy atom. The van der Waals surface area contributed by atoms with E-state index < -0.39 is 35.0 Å². The maximum atomic E-state index is 14.0. The van der Waals surface area contributed by atoms with Crippen molar-refractivity contribution in [3.8, 4) is 0 Å². The van der Waals surface area contributed by atoms with Gasteiger partial charge in [0.05, 0.1) is 23.5 Å². The second-order valence-corrected chi connectivity index (χ2v) is 10.5. The van der Waals surface area contributed by atoms with Gasteiger partial charge in [-0.3, -0.25) is 14.4 Å². The molecule has 3 fully saturated rings. The third-order valence-electron chi connectivity index (χ3n) is 7.94. The Morgan fingerprint density at radius 1 is 1.19 bits per heavy atom. The van der Waals surface area contributed by atoms with E-state index in [9.17, 15) is 14.4 Å². The number of ether oxygens (including phenoxy) is 2. The highest BCUT2D eigenvalue weighted by Gasteiger charge is 2.76. The van der Waals surface area contributed by atoms with E-state index in [1.807, 2.05) is 42.5 Å². The first kappa shape index (κ1) is 23.9. The van der Waals surface area contributed by atoms with E-state index >= 15 is 0 Å². The predicted octanol–water partition coefficient (Wildman–Crippen LogP) is 1.96. The van der Waals surface area contributed by atoms with Crippen molar-refractivity contribution in [2.24, 2.45) is 11.8 Å². The van der Waals surface area contributed by atoms with Crippen molar-refractivity contribution in [2.45, 2.75) is 56.6 Å². The van der Waals surface area contributed by atoms with Gasteiger partial charge in [-0.05, 0) is 32.3 Å². The van der Waals surface area contributed by atoms with Gasteiger partial charge in [0.2, 0.25) is 17.7 Å². The minimum absolute atomic E-state index is 0.161. The maximum Gasteiger partial charge on any atom is 0.246 e. The average Bonchev–Trinajstić information content (AvgIpc) is 3.68. The molecule has 1 aromatic carbocycles. The largest absolute Gasteiger partial charge is 0.376 e. The summed E-state index contributed by atoms with van der Waals surface area (Å²) >= 11 is 0. The van der Waals surface area contributed by atoms with Gasteiger partial charge in [-0.1, -0.05) is 47.6 Å². The van der Waals surface area contributed by atoms with Gasteiger partial charge in [0.25, 0.3) is 0 Å². The molecule has 10 nitrogen and oxygen atoms in total. The van der Waals surface area contributed by atoms with Gasteiger partial charge in [0, 0.05) is 25.8 Å². The smallest absolute Gasteiger partial charge is 0.246 e. The molecule has 37 heavy (non-hydrogen) atoms. The van der Waals surface area contributed by atoms with Crippen LogP contribution in [0.4, 0.5) is 5.82 Å². The molecule has 0 unspecified atom stereocenters. The number of carbonyl (C=O) groups excluding carboxylic acids is 3. The van der Waals surface area contributed by atoms with Crippen molar-refractivity contribution in [1.82, 2.24) is 15.4 Å². The second kappa shape index (κ2) is 8.81. The van der Waals surface area contributed by atoms with Crippen LogP contribution in [0.15, 0.2) is 53.1 Å². The highest BCUT2D eigenvalue weighted by atomic mass is 16.5. The molecule has 0 aliphatic carbocycles. The summed E-state index contributed by atoms with van der Waals surface area (Å²) < 4.78 is 17.4. The van der Waals surface area contributed by atoms with E-state index in [1.54, 1.807) is 24.8 Å². The molecule has 2 aromatic rings. The number of fused-ring (bicyclic) bond motifs is 1. The monoisotopic (exact) mass is 506 g/mol. The van der Waals surface area contributed by atoms with Crippen LogP contribution < -0.4 is 10.6 Å². The summed E-state index contributed by atoms with van der Waals surface area (Å²) in [6.07, 6.45) is 5.17. The molecule has 1 aromatic heterocycles. The van der Waals surface area contributed by atoms with Gasteiger partial charge < -0.3 is 29.5 Å². The molecule has 2 N–H and O–H groups in total. The lowest BCUT2D eigenvalue weighted by molar-refractivity contribution is -0.145. The summed E-state index contributed by atoms with van der Waals surface area (Å²) in [6.45, 7) is 4.72. The number of anilines is 1. The molecule has 5 heterocycles. The fraction of sp³-hybridized carbons (Fsp3) is 0.481. The fourth-order valence-electron chi connectivity index (χ4n) is 6.34. The van der Waals surface area contributed by atoms with Gasteiger partial charge >= 0.3 is 0 Å². The first-order valence-electron chi connectivity index (χ1n) is 12.7. The van der Waals surface area contributed by atoms with Gasteiger partial charge in [-0.25, -0.2) is 0 Å². The van der Waals surface area contributed by atoms with Crippen LogP contribution in [0, 0.1) is 18.8 Å². The number of likely N-dealkylation sites (tertiary alicyclic amines) is 1. The summed E-state index contributed by atoms with van der Waals surface area (Å²) in [5.41, 5.74) is -1.36. The van der Waals surface area contributed by atoms with Gasteiger partial charge in [-0.15, -0.1) is 0 Å². The third kappa shape index (κ3) is 3.86. The molecule has 6 atom stereocenters. The second-order valence-electron chi connectivity index (χ2n) is 10.5. The molecule has 4 aliphatic rings. The molecule has 6 rings (SSSR count). The number of hydrogen-bond donors (Lipinski definition) is 2. The topological polar surface area (TPSA) is 123 Å². The zero-order valence-corrected chi connectivity index (χ0v) is 20.8. The van der Waals surface area contributed by atoms with Gasteiger partial charge in [0.15, 0.2) is 5.82 Å². The summed E-state index contributed by atoms with van der Waals surface area (Å²) in [5, 5.41) is 9.62. The molecular formula is C27H30N4O6. The van der Waals surface area contributed by atoms with Gasteiger partial charge in [0.1, 0.15) is 17.4 Å². The van der Waals surface area contributed by atoms with Crippen LogP contribution in [0.5, 0.6) is 0 Å². The zero-order chi connectivity index (χ0) is 25.8. The minimum atomic E-state index is -1.26. The predicted molar refractivity (Wildman–Crippen MR) is 131 cm³/mol. The minimum Gasteiger partial charge on any atom is -0.376 e. The number of carbonyl (C=O) groups is 3. The first-order chi connectivity index (χ1) is 17.8. The van der Waals surface area contributed by atoms with E-state index in [4.69, 9.17) is 14.0 Å². The number of rotatable bonds is 7. The lowest BCUT2D eigenvalue weighted by Gasteiger charge is -2.34. The fourth-order valence-corrected chi connectivity index (χ4v) is 6.34. The summed E-state index contributed by atoms with van der Waals surface area (Å²) in [4.78, 5) is 42.9. The Bertz CT molecular complexity index is 1250. The van der Waals surface area contributed by atoms with E-state index in [-0.39, 0.29) is 30.3 Å². The number of aromatic nitrogens is 1. The van der Waals surface area contributed by atoms with Crippen molar-refractivity contribution >= 4 is 23.5 Å². The molecular weight excluding hydrogens is 476 g/mol. The molecule has 0 saturated carbocycles. The third-order valence-corrected chi connectivity index (χ3v) is 7.94. The number of nitrogens with one attached hydrogen (secondary N) is 2. The molecule has 10 heteroatoms. The van der Waals surface area contributed by atoms with E-state index in [2.05, 4.69) is 15.8 Å². The number of benzene rings is 1. The highest BCUT2D eigenvalue weighted by Crippen LogP contribution is 2.59. The molecule has 0 radical (unpaired) electrons. The maximum absolute atomic E-state index is 14.0. The Hall–Kier alpha value is -3.50. The van der Waals surface area contributed by atoms with Crippen LogP contribution in [-0.4, -0.2) is 64.3 Å². The van der Waals surface area contributed by atoms with Crippen LogP contribution >= 0.6 is 0 Å². The van der Waals surface area contributed by atoms with Crippen LogP contribution in [0.3, 0.4) is 0 Å². The van der Waals surface area contributed by atoms with Crippen molar-refractivity contribution in [3.05, 3.63) is 59.9 Å². The standard InChI is InChI=1S/C27H30N4O6/c1-16-13-19(30-36-16)29-23(32)20-21-25(34)31(15-18-9-6-12-35-18)22(27(21)11-10-26(20,2)37-27)24(33)28-14-17-7-4-3-5-8-17/h3-5,7-8,10-11,13,18,20-22H,6,9,12,14-15H2,1-2H3,(H,28,33)(H,29,30,32)/t18-,20+,21-,22-,26-,27-/m1/s1. The van der Waals surface area contributed by atoms with Crippen LogP contribution in [0.25, 0.3) is 0 Å². The van der Waals surface area contributed by atoms with Crippen molar-refractivity contribution in [2.75, 3.05) is 18.5 Å². The van der Waals surface area contributed by atoms with Crippen LogP contribution in [-0.2, 0) is 30.4 Å². The van der Waals surface area contributed by atoms with Crippen LogP contribution in [0.1, 0.15) is 31.1 Å². The average molecular weight is 507 g/mol. The zero-order valence-electron chi connectivity index (χ0n) is 20.8. The molecule has 3 saturated heterocycles. The van der Waals surface area contributed by atoms with Crippen LogP contribution in [0.2, 0.25) is 0 Å². The first-order valence-corrected chi connectivity index (χ1v) is 12.7. The normalized spacial score (nSPS) is 33.7. The number of amides is 3. The van der Waals surface area contributed by atoms with E-state index in [0.29, 0.717) is 18.9 Å². The summed E-state index contributed by atoms with van der Waals surface area (Å²) in [7, 11) is 0. The van der Waals surface area contributed by atoms with E-state index in [0.717, 1.165) is 18.4 Å². The lowest BCUT2D eigenvalue weighted by atomic mass is 9.70. The lowest BCUT2D eigenvalue weighted by Crippen LogP contribution is -2.55. The van der Waals surface area contributed by atoms with Gasteiger partial charge in [-0.2, -0.15) is 0 Å². The molecule has 3 amide bonds. The molecule has 1 spiro atoms. The molecule has 194 valence electrons. The number of nitrogens with zero attached hydrogens (tertiary/aromatic N) is 2. The Kier molecular flexibility index (Phi) is 5.68. The summed E-state index contributed by atoms with van der Waals surface area (Å²) in [6, 6.07) is 10.3. The highest BCUT2D eigenvalue weighted by molar-refractivity contribution is 6.03. The van der Waals surface area contributed by atoms with Crippen molar-refractivity contribution < 1.29 is 28.4 Å². The SMILES string of the molecule is Cc1cc(NC(=O)[C@@H]2[C@@H]3C(=O)N(C[C@H]4CCCO4)[C@H](C(=O)NCc4ccccc4)[C@@]34C=C[C@@]2(C)O4)no1. The quantitative estimate of drug-likeness (QED) is 0.551. The Morgan fingerprint density at radius 3 is 2.70 bits per heavy atom.